The molecule has 21 heavy (non-hydrogen) atoms. The van der Waals surface area contributed by atoms with Gasteiger partial charge >= 0.3 is 0 Å². The number of likely N-dealkylation sites (tertiary alicyclic amines) is 1. The minimum atomic E-state index is -0.445. The number of halogens is 1. The van der Waals surface area contributed by atoms with Gasteiger partial charge in [0.05, 0.1) is 4.92 Å². The van der Waals surface area contributed by atoms with Crippen LogP contribution in [0.1, 0.15) is 25.8 Å². The number of hydrogen-bond acceptors (Lipinski definition) is 4. The lowest BCUT2D eigenvalue weighted by molar-refractivity contribution is -0.384. The van der Waals surface area contributed by atoms with E-state index in [1.807, 2.05) is 6.92 Å². The lowest BCUT2D eigenvalue weighted by Gasteiger charge is -2.40. The summed E-state index contributed by atoms with van der Waals surface area (Å²) in [6.45, 7) is 7.35. The van der Waals surface area contributed by atoms with Gasteiger partial charge in [-0.05, 0) is 44.9 Å². The standard InChI is InChI=1S/C15H22ClN3O2/c1-9-5-15(19(20)21)12(16)7-14(9)17-13-6-11(3)18(4)8-10(13)2/h5,7,10-11,13,17H,6,8H2,1-4H3. The zero-order valence-electron chi connectivity index (χ0n) is 12.9. The van der Waals surface area contributed by atoms with Crippen molar-refractivity contribution in [3.05, 3.63) is 32.8 Å². The van der Waals surface area contributed by atoms with Crippen LogP contribution in [-0.2, 0) is 0 Å². The van der Waals surface area contributed by atoms with Crippen LogP contribution in [0.3, 0.4) is 0 Å². The van der Waals surface area contributed by atoms with E-state index in [4.69, 9.17) is 11.6 Å². The predicted molar refractivity (Wildman–Crippen MR) is 86.1 cm³/mol. The van der Waals surface area contributed by atoms with Crippen molar-refractivity contribution in [3.63, 3.8) is 0 Å². The largest absolute Gasteiger partial charge is 0.382 e. The van der Waals surface area contributed by atoms with Crippen molar-refractivity contribution in [1.29, 1.82) is 0 Å². The van der Waals surface area contributed by atoms with Gasteiger partial charge in [0, 0.05) is 30.4 Å². The molecule has 116 valence electrons. The van der Waals surface area contributed by atoms with E-state index in [1.165, 1.54) is 6.07 Å². The Morgan fingerprint density at radius 3 is 2.71 bits per heavy atom. The van der Waals surface area contributed by atoms with Crippen molar-refractivity contribution in [3.8, 4) is 0 Å². The molecular formula is C15H22ClN3O2. The van der Waals surface area contributed by atoms with Crippen LogP contribution in [0.4, 0.5) is 11.4 Å². The summed E-state index contributed by atoms with van der Waals surface area (Å²) in [6, 6.07) is 4.08. The molecule has 1 fully saturated rings. The summed E-state index contributed by atoms with van der Waals surface area (Å²) in [4.78, 5) is 12.8. The van der Waals surface area contributed by atoms with Gasteiger partial charge in [-0.3, -0.25) is 10.1 Å². The lowest BCUT2D eigenvalue weighted by atomic mass is 9.89. The van der Waals surface area contributed by atoms with Gasteiger partial charge in [-0.15, -0.1) is 0 Å². The Kier molecular flexibility index (Phi) is 4.74. The van der Waals surface area contributed by atoms with E-state index in [2.05, 4.69) is 31.1 Å². The topological polar surface area (TPSA) is 58.4 Å². The van der Waals surface area contributed by atoms with Crippen LogP contribution < -0.4 is 5.32 Å². The molecule has 6 heteroatoms. The first kappa shape index (κ1) is 16.0. The number of piperidine rings is 1. The number of benzene rings is 1. The smallest absolute Gasteiger partial charge is 0.288 e. The summed E-state index contributed by atoms with van der Waals surface area (Å²) >= 11 is 6.01. The number of rotatable bonds is 3. The van der Waals surface area contributed by atoms with E-state index >= 15 is 0 Å². The van der Waals surface area contributed by atoms with E-state index in [9.17, 15) is 10.1 Å². The molecule has 1 saturated heterocycles. The molecule has 3 atom stereocenters. The maximum absolute atomic E-state index is 10.9. The maximum Gasteiger partial charge on any atom is 0.288 e. The van der Waals surface area contributed by atoms with Crippen molar-refractivity contribution in [2.75, 3.05) is 18.9 Å². The van der Waals surface area contributed by atoms with Crippen molar-refractivity contribution < 1.29 is 4.92 Å². The van der Waals surface area contributed by atoms with E-state index in [0.717, 1.165) is 24.2 Å². The zero-order valence-corrected chi connectivity index (χ0v) is 13.6. The monoisotopic (exact) mass is 311 g/mol. The summed E-state index contributed by atoms with van der Waals surface area (Å²) in [5.41, 5.74) is 1.70. The Labute approximate surface area is 130 Å². The first-order valence-corrected chi connectivity index (χ1v) is 7.58. The molecule has 1 aromatic carbocycles. The number of nitrogens with one attached hydrogen (secondary N) is 1. The van der Waals surface area contributed by atoms with Gasteiger partial charge in [0.1, 0.15) is 5.02 Å². The van der Waals surface area contributed by atoms with E-state index in [1.54, 1.807) is 6.07 Å². The van der Waals surface area contributed by atoms with Gasteiger partial charge in [0.2, 0.25) is 0 Å². The molecule has 1 aromatic rings. The quantitative estimate of drug-likeness (QED) is 0.683. The molecule has 0 saturated carbocycles. The van der Waals surface area contributed by atoms with Gasteiger partial charge in [-0.2, -0.15) is 0 Å². The highest BCUT2D eigenvalue weighted by atomic mass is 35.5. The summed E-state index contributed by atoms with van der Waals surface area (Å²) in [6.07, 6.45) is 1.05. The van der Waals surface area contributed by atoms with Gasteiger partial charge in [0.25, 0.3) is 5.69 Å². The highest BCUT2D eigenvalue weighted by molar-refractivity contribution is 6.33. The molecule has 1 heterocycles. The molecule has 0 bridgehead atoms. The molecule has 0 amide bonds. The second kappa shape index (κ2) is 6.20. The summed E-state index contributed by atoms with van der Waals surface area (Å²) in [7, 11) is 2.14. The SMILES string of the molecule is Cc1cc([N+](=O)[O-])c(Cl)cc1NC1CC(C)N(C)CC1C. The van der Waals surface area contributed by atoms with Gasteiger partial charge in [0.15, 0.2) is 0 Å². The van der Waals surface area contributed by atoms with E-state index in [0.29, 0.717) is 18.0 Å². The number of anilines is 1. The molecule has 0 spiro atoms. The van der Waals surface area contributed by atoms with Crippen LogP contribution in [0.2, 0.25) is 5.02 Å². The highest BCUT2D eigenvalue weighted by Crippen LogP contribution is 2.32. The molecule has 1 aliphatic heterocycles. The maximum atomic E-state index is 10.9. The Bertz CT molecular complexity index is 550. The molecule has 0 aliphatic carbocycles. The highest BCUT2D eigenvalue weighted by Gasteiger charge is 2.29. The van der Waals surface area contributed by atoms with Gasteiger partial charge in [-0.1, -0.05) is 18.5 Å². The lowest BCUT2D eigenvalue weighted by Crippen LogP contribution is -2.48. The molecule has 2 rings (SSSR count). The Morgan fingerprint density at radius 2 is 2.10 bits per heavy atom. The first-order valence-electron chi connectivity index (χ1n) is 7.21. The number of nitrogens with zero attached hydrogens (tertiary/aromatic N) is 2. The van der Waals surface area contributed by atoms with E-state index < -0.39 is 4.92 Å². The number of nitro groups is 1. The van der Waals surface area contributed by atoms with E-state index in [-0.39, 0.29) is 10.7 Å². The van der Waals surface area contributed by atoms with Gasteiger partial charge < -0.3 is 10.2 Å². The van der Waals surface area contributed by atoms with Crippen molar-refractivity contribution in [2.45, 2.75) is 39.3 Å². The van der Waals surface area contributed by atoms with Crippen LogP contribution in [0, 0.1) is 23.0 Å². The third-order valence-electron chi connectivity index (χ3n) is 4.44. The summed E-state index contributed by atoms with van der Waals surface area (Å²) < 4.78 is 0. The third kappa shape index (κ3) is 3.47. The minimum absolute atomic E-state index is 0.0375. The molecule has 0 radical (unpaired) electrons. The molecule has 0 aromatic heterocycles. The zero-order chi connectivity index (χ0) is 15.7. The second-order valence-electron chi connectivity index (χ2n) is 6.13. The summed E-state index contributed by atoms with van der Waals surface area (Å²) in [5, 5.41) is 14.6. The number of aryl methyl sites for hydroxylation is 1. The van der Waals surface area contributed by atoms with Crippen LogP contribution in [0.25, 0.3) is 0 Å². The predicted octanol–water partition coefficient (Wildman–Crippen LogP) is 3.70. The van der Waals surface area contributed by atoms with Crippen molar-refractivity contribution in [2.24, 2.45) is 5.92 Å². The van der Waals surface area contributed by atoms with Crippen molar-refractivity contribution in [1.82, 2.24) is 4.90 Å². The van der Waals surface area contributed by atoms with Gasteiger partial charge in [-0.25, -0.2) is 0 Å². The Morgan fingerprint density at radius 1 is 1.43 bits per heavy atom. The van der Waals surface area contributed by atoms with Crippen LogP contribution in [-0.4, -0.2) is 35.5 Å². The van der Waals surface area contributed by atoms with Crippen molar-refractivity contribution >= 4 is 23.0 Å². The molecule has 3 unspecified atom stereocenters. The Balaban J connectivity index is 2.20. The molecule has 1 N–H and O–H groups in total. The second-order valence-corrected chi connectivity index (χ2v) is 6.54. The fourth-order valence-electron chi connectivity index (χ4n) is 2.90. The normalized spacial score (nSPS) is 26.6. The number of nitro benzene ring substituents is 1. The van der Waals surface area contributed by atoms with Crippen LogP contribution in [0.15, 0.2) is 12.1 Å². The summed E-state index contributed by atoms with van der Waals surface area (Å²) in [5.74, 6) is 0.513. The number of hydrogen-bond donors (Lipinski definition) is 1. The Hall–Kier alpha value is -1.33. The average Bonchev–Trinajstić information content (AvgIpc) is 2.39. The molecule has 5 nitrogen and oxygen atoms in total. The minimum Gasteiger partial charge on any atom is -0.382 e. The average molecular weight is 312 g/mol. The molecular weight excluding hydrogens is 290 g/mol. The fraction of sp³-hybridized carbons (Fsp3) is 0.600. The molecule has 1 aliphatic rings. The van der Waals surface area contributed by atoms with Crippen LogP contribution >= 0.6 is 11.6 Å². The fourth-order valence-corrected chi connectivity index (χ4v) is 3.14. The van der Waals surface area contributed by atoms with Crippen LogP contribution in [0.5, 0.6) is 0 Å². The third-order valence-corrected chi connectivity index (χ3v) is 4.74. The first-order chi connectivity index (χ1) is 9.79.